The topological polar surface area (TPSA) is 20.2 Å². The minimum absolute atomic E-state index is 0.369. The second-order valence-electron chi connectivity index (χ2n) is 4.13. The fourth-order valence-electron chi connectivity index (χ4n) is 1.54. The number of aliphatic hydroxyl groups is 1. The highest BCUT2D eigenvalue weighted by Gasteiger charge is 2.09. The van der Waals surface area contributed by atoms with Crippen LogP contribution in [-0.2, 0) is 0 Å². The summed E-state index contributed by atoms with van der Waals surface area (Å²) in [5.74, 6) is 0.708. The number of thioether (sulfide) groups is 1. The van der Waals surface area contributed by atoms with Gasteiger partial charge in [-0.25, -0.2) is 0 Å². The third kappa shape index (κ3) is 3.60. The fourth-order valence-corrected chi connectivity index (χ4v) is 3.17. The van der Waals surface area contributed by atoms with E-state index >= 15 is 0 Å². The molecule has 1 unspecified atom stereocenters. The van der Waals surface area contributed by atoms with Crippen LogP contribution in [0.4, 0.5) is 0 Å². The van der Waals surface area contributed by atoms with Gasteiger partial charge in [-0.3, -0.25) is 0 Å². The van der Waals surface area contributed by atoms with Crippen LogP contribution in [0.1, 0.15) is 22.1 Å². The number of thiophene rings is 1. The maximum atomic E-state index is 10.0. The summed E-state index contributed by atoms with van der Waals surface area (Å²) in [4.78, 5) is 2.46. The Kier molecular flexibility index (Phi) is 4.26. The van der Waals surface area contributed by atoms with Gasteiger partial charge in [-0.15, -0.1) is 23.1 Å². The molecule has 1 aromatic carbocycles. The highest BCUT2D eigenvalue weighted by Crippen LogP contribution is 2.27. The number of hydrogen-bond donors (Lipinski definition) is 1. The monoisotopic (exact) mass is 264 g/mol. The Bertz CT molecular complexity index is 473. The SMILES string of the molecule is Cc1ccc(SCC(O)c2csc(C)c2)cc1. The van der Waals surface area contributed by atoms with E-state index in [1.54, 1.807) is 23.1 Å². The largest absolute Gasteiger partial charge is 0.388 e. The van der Waals surface area contributed by atoms with Crippen molar-refractivity contribution < 1.29 is 5.11 Å². The number of rotatable bonds is 4. The normalized spacial score (nSPS) is 12.6. The molecule has 17 heavy (non-hydrogen) atoms. The van der Waals surface area contributed by atoms with Crippen LogP contribution >= 0.6 is 23.1 Å². The van der Waals surface area contributed by atoms with Gasteiger partial charge in [-0.05, 0) is 43.0 Å². The maximum Gasteiger partial charge on any atom is 0.0892 e. The first-order valence-corrected chi connectivity index (χ1v) is 7.44. The van der Waals surface area contributed by atoms with Crippen molar-refractivity contribution in [3.8, 4) is 0 Å². The molecule has 0 aliphatic rings. The van der Waals surface area contributed by atoms with Crippen molar-refractivity contribution >= 4 is 23.1 Å². The van der Waals surface area contributed by atoms with E-state index in [0.717, 1.165) is 5.56 Å². The van der Waals surface area contributed by atoms with Crippen LogP contribution in [0.15, 0.2) is 40.6 Å². The molecule has 0 fully saturated rings. The maximum absolute atomic E-state index is 10.0. The van der Waals surface area contributed by atoms with Crippen LogP contribution in [0.25, 0.3) is 0 Å². The standard InChI is InChI=1S/C14H16OS2/c1-10-3-5-13(6-4-10)17-9-14(15)12-7-11(2)16-8-12/h3-8,14-15H,9H2,1-2H3. The van der Waals surface area contributed by atoms with Crippen molar-refractivity contribution in [2.75, 3.05) is 5.75 Å². The van der Waals surface area contributed by atoms with E-state index in [1.807, 2.05) is 5.38 Å². The quantitative estimate of drug-likeness (QED) is 0.836. The van der Waals surface area contributed by atoms with Gasteiger partial charge in [0.15, 0.2) is 0 Å². The molecule has 0 saturated carbocycles. The first-order valence-electron chi connectivity index (χ1n) is 5.58. The second kappa shape index (κ2) is 5.71. The molecule has 1 N–H and O–H groups in total. The van der Waals surface area contributed by atoms with Crippen molar-refractivity contribution in [2.24, 2.45) is 0 Å². The van der Waals surface area contributed by atoms with Crippen molar-refractivity contribution in [3.05, 3.63) is 51.7 Å². The Morgan fingerprint density at radius 1 is 1.24 bits per heavy atom. The summed E-state index contributed by atoms with van der Waals surface area (Å²) >= 11 is 3.38. The van der Waals surface area contributed by atoms with E-state index in [1.165, 1.54) is 15.3 Å². The summed E-state index contributed by atoms with van der Waals surface area (Å²) in [5, 5.41) is 12.1. The molecule has 0 aliphatic heterocycles. The Morgan fingerprint density at radius 3 is 2.53 bits per heavy atom. The molecule has 2 aromatic rings. The molecule has 1 aromatic heterocycles. The molecule has 3 heteroatoms. The Labute approximate surface area is 111 Å². The molecule has 0 bridgehead atoms. The van der Waals surface area contributed by atoms with Gasteiger partial charge in [0.2, 0.25) is 0 Å². The zero-order valence-corrected chi connectivity index (χ0v) is 11.6. The third-order valence-electron chi connectivity index (χ3n) is 2.56. The lowest BCUT2D eigenvalue weighted by atomic mass is 10.2. The molecule has 0 radical (unpaired) electrons. The van der Waals surface area contributed by atoms with Crippen molar-refractivity contribution in [1.29, 1.82) is 0 Å². The predicted octanol–water partition coefficient (Wildman–Crippen LogP) is 4.19. The molecular weight excluding hydrogens is 248 g/mol. The van der Waals surface area contributed by atoms with Crippen LogP contribution < -0.4 is 0 Å². The summed E-state index contributed by atoms with van der Waals surface area (Å²) in [7, 11) is 0. The van der Waals surface area contributed by atoms with Gasteiger partial charge < -0.3 is 5.11 Å². The van der Waals surface area contributed by atoms with Crippen molar-refractivity contribution in [3.63, 3.8) is 0 Å². The molecule has 1 nitrogen and oxygen atoms in total. The van der Waals surface area contributed by atoms with Crippen LogP contribution in [0.3, 0.4) is 0 Å². The highest BCUT2D eigenvalue weighted by molar-refractivity contribution is 7.99. The molecule has 1 heterocycles. The van der Waals surface area contributed by atoms with E-state index in [9.17, 15) is 5.11 Å². The van der Waals surface area contributed by atoms with Gasteiger partial charge in [0.05, 0.1) is 6.10 Å². The number of benzene rings is 1. The Balaban J connectivity index is 1.92. The molecule has 1 atom stereocenters. The molecule has 0 spiro atoms. The molecule has 0 saturated heterocycles. The van der Waals surface area contributed by atoms with E-state index in [-0.39, 0.29) is 6.10 Å². The van der Waals surface area contributed by atoms with Crippen molar-refractivity contribution in [2.45, 2.75) is 24.8 Å². The van der Waals surface area contributed by atoms with Crippen LogP contribution in [-0.4, -0.2) is 10.9 Å². The van der Waals surface area contributed by atoms with Gasteiger partial charge in [0.25, 0.3) is 0 Å². The predicted molar refractivity (Wildman–Crippen MR) is 75.9 cm³/mol. The lowest BCUT2D eigenvalue weighted by Gasteiger charge is -2.08. The highest BCUT2D eigenvalue weighted by atomic mass is 32.2. The van der Waals surface area contributed by atoms with Crippen LogP contribution in [0, 0.1) is 13.8 Å². The summed E-state index contributed by atoms with van der Waals surface area (Å²) in [6.45, 7) is 4.14. The molecule has 0 aliphatic carbocycles. The van der Waals surface area contributed by atoms with E-state index in [0.29, 0.717) is 5.75 Å². The summed E-state index contributed by atoms with van der Waals surface area (Å²) in [6, 6.07) is 10.5. The Hall–Kier alpha value is -0.770. The summed E-state index contributed by atoms with van der Waals surface area (Å²) in [6.07, 6.45) is -0.369. The van der Waals surface area contributed by atoms with E-state index in [4.69, 9.17) is 0 Å². The summed E-state index contributed by atoms with van der Waals surface area (Å²) < 4.78 is 0. The first-order chi connectivity index (χ1) is 8.15. The minimum atomic E-state index is -0.369. The van der Waals surface area contributed by atoms with Gasteiger partial charge >= 0.3 is 0 Å². The van der Waals surface area contributed by atoms with Crippen LogP contribution in [0.2, 0.25) is 0 Å². The third-order valence-corrected chi connectivity index (χ3v) is 4.53. The van der Waals surface area contributed by atoms with Gasteiger partial charge in [0.1, 0.15) is 0 Å². The zero-order chi connectivity index (χ0) is 12.3. The number of aliphatic hydroxyl groups excluding tert-OH is 1. The number of aryl methyl sites for hydroxylation is 2. The first kappa shape index (κ1) is 12.7. The molecule has 90 valence electrons. The lowest BCUT2D eigenvalue weighted by Crippen LogP contribution is -1.98. The smallest absolute Gasteiger partial charge is 0.0892 e. The zero-order valence-electron chi connectivity index (χ0n) is 10.0. The molecule has 0 amide bonds. The van der Waals surface area contributed by atoms with Gasteiger partial charge in [0, 0.05) is 15.5 Å². The van der Waals surface area contributed by atoms with Gasteiger partial charge in [-0.1, -0.05) is 17.7 Å². The molecular formula is C14H16OS2. The van der Waals surface area contributed by atoms with E-state index < -0.39 is 0 Å². The van der Waals surface area contributed by atoms with E-state index in [2.05, 4.69) is 44.2 Å². The second-order valence-corrected chi connectivity index (χ2v) is 6.34. The van der Waals surface area contributed by atoms with Gasteiger partial charge in [-0.2, -0.15) is 0 Å². The summed E-state index contributed by atoms with van der Waals surface area (Å²) in [5.41, 5.74) is 2.30. The number of hydrogen-bond acceptors (Lipinski definition) is 3. The Morgan fingerprint density at radius 2 is 1.94 bits per heavy atom. The van der Waals surface area contributed by atoms with Crippen molar-refractivity contribution in [1.82, 2.24) is 0 Å². The van der Waals surface area contributed by atoms with Crippen LogP contribution in [0.5, 0.6) is 0 Å². The average molecular weight is 264 g/mol. The lowest BCUT2D eigenvalue weighted by molar-refractivity contribution is 0.204. The average Bonchev–Trinajstić information content (AvgIpc) is 2.75. The fraction of sp³-hybridized carbons (Fsp3) is 0.286. The molecule has 2 rings (SSSR count). The minimum Gasteiger partial charge on any atom is -0.388 e.